The molecule has 3 amide bonds. The van der Waals surface area contributed by atoms with Crippen LogP contribution in [0, 0.1) is 0 Å². The highest BCUT2D eigenvalue weighted by Crippen LogP contribution is 2.50. The molecule has 31 heavy (non-hydrogen) atoms. The van der Waals surface area contributed by atoms with Gasteiger partial charge in [0.25, 0.3) is 17.1 Å². The van der Waals surface area contributed by atoms with Gasteiger partial charge in [-0.2, -0.15) is 0 Å². The Morgan fingerprint density at radius 3 is 1.87 bits per heavy atom. The number of benzene rings is 4. The minimum atomic E-state index is -1.31. The van der Waals surface area contributed by atoms with E-state index in [1.54, 1.807) is 12.1 Å². The van der Waals surface area contributed by atoms with Gasteiger partial charge in [-0.15, -0.1) is 0 Å². The second-order valence-electron chi connectivity index (χ2n) is 7.25. The zero-order valence-corrected chi connectivity index (χ0v) is 17.2. The van der Waals surface area contributed by atoms with Gasteiger partial charge in [0.2, 0.25) is 0 Å². The van der Waals surface area contributed by atoms with Crippen LogP contribution in [0.2, 0.25) is 0 Å². The van der Waals surface area contributed by atoms with Crippen LogP contribution < -0.4 is 0 Å². The van der Waals surface area contributed by atoms with Crippen molar-refractivity contribution in [1.29, 1.82) is 0 Å². The lowest BCUT2D eigenvalue weighted by molar-refractivity contribution is -0.126. The summed E-state index contributed by atoms with van der Waals surface area (Å²) in [6.07, 6.45) is 0. The molecule has 0 aromatic heterocycles. The largest absolute Gasteiger partial charge is 0.297 e. The third kappa shape index (κ3) is 2.97. The molecule has 0 N–H and O–H groups in total. The summed E-state index contributed by atoms with van der Waals surface area (Å²) in [6.45, 7) is 0. The van der Waals surface area contributed by atoms with Crippen molar-refractivity contribution in [3.8, 4) is 0 Å². The van der Waals surface area contributed by atoms with E-state index in [2.05, 4.69) is 0 Å². The van der Waals surface area contributed by atoms with E-state index in [1.807, 2.05) is 91.0 Å². The molecule has 1 aliphatic rings. The zero-order chi connectivity index (χ0) is 21.4. The van der Waals surface area contributed by atoms with Crippen LogP contribution in [0.15, 0.2) is 103 Å². The number of hydrogen-bond donors (Lipinski definition) is 0. The lowest BCUT2D eigenvalue weighted by Crippen LogP contribution is -2.42. The Bertz CT molecular complexity index is 1270. The molecule has 1 aliphatic heterocycles. The van der Waals surface area contributed by atoms with E-state index in [0.29, 0.717) is 22.1 Å². The molecule has 1 heterocycles. The number of imide groups is 3. The van der Waals surface area contributed by atoms with Gasteiger partial charge in [-0.25, -0.2) is 4.90 Å². The van der Waals surface area contributed by atoms with Crippen molar-refractivity contribution >= 4 is 39.6 Å². The fourth-order valence-corrected chi connectivity index (χ4v) is 5.25. The molecule has 4 aromatic rings. The first-order valence-electron chi connectivity index (χ1n) is 9.83. The highest BCUT2D eigenvalue weighted by atomic mass is 32.2. The fourth-order valence-electron chi connectivity index (χ4n) is 4.05. The van der Waals surface area contributed by atoms with Gasteiger partial charge in [0.05, 0.1) is 0 Å². The Hall–Kier alpha value is -3.70. The molecule has 150 valence electrons. The summed E-state index contributed by atoms with van der Waals surface area (Å²) in [5.74, 6) is -1.15. The number of hydrogen-bond acceptors (Lipinski definition) is 4. The number of nitrogens with zero attached hydrogens (tertiary/aromatic N) is 1. The SMILES string of the molecule is O=C1SC(c2ccccc2)(c2ccccc2)C(=O)N1C(=O)c1cccc2ccccc12. The van der Waals surface area contributed by atoms with Crippen molar-refractivity contribution in [2.75, 3.05) is 0 Å². The quantitative estimate of drug-likeness (QED) is 0.402. The van der Waals surface area contributed by atoms with Crippen LogP contribution in [0.1, 0.15) is 21.5 Å². The molecule has 0 aliphatic carbocycles. The third-order valence-corrected chi connectivity index (χ3v) is 6.82. The van der Waals surface area contributed by atoms with Crippen LogP contribution in [-0.4, -0.2) is 22.0 Å². The first-order valence-corrected chi connectivity index (χ1v) is 10.7. The highest BCUT2D eigenvalue weighted by Gasteiger charge is 2.57. The summed E-state index contributed by atoms with van der Waals surface area (Å²) >= 11 is 0.880. The van der Waals surface area contributed by atoms with Crippen molar-refractivity contribution in [3.05, 3.63) is 120 Å². The standard InChI is InChI=1S/C26H17NO3S/c28-23(22-17-9-11-18-10-7-8-16-21(18)22)27-24(29)26(31-25(27)30,19-12-3-1-4-13-19)20-14-5-2-6-15-20/h1-17H. The van der Waals surface area contributed by atoms with Crippen LogP contribution >= 0.6 is 11.8 Å². The molecular weight excluding hydrogens is 406 g/mol. The summed E-state index contributed by atoms with van der Waals surface area (Å²) in [5.41, 5.74) is 1.66. The normalized spacial score (nSPS) is 15.4. The number of amides is 3. The molecule has 0 unspecified atom stereocenters. The molecule has 1 fully saturated rings. The molecule has 0 atom stereocenters. The first-order chi connectivity index (χ1) is 15.1. The van der Waals surface area contributed by atoms with Gasteiger partial charge in [-0.3, -0.25) is 14.4 Å². The molecule has 5 rings (SSSR count). The maximum Gasteiger partial charge on any atom is 0.297 e. The monoisotopic (exact) mass is 423 g/mol. The highest BCUT2D eigenvalue weighted by molar-refractivity contribution is 8.15. The van der Waals surface area contributed by atoms with Gasteiger partial charge < -0.3 is 0 Å². The Labute approximate surface area is 183 Å². The Kier molecular flexibility index (Phi) is 4.68. The fraction of sp³-hybridized carbons (Fsp3) is 0.0385. The van der Waals surface area contributed by atoms with Crippen LogP contribution in [0.5, 0.6) is 0 Å². The second-order valence-corrected chi connectivity index (χ2v) is 8.42. The summed E-state index contributed by atoms with van der Waals surface area (Å²) in [4.78, 5) is 41.3. The van der Waals surface area contributed by atoms with Crippen molar-refractivity contribution < 1.29 is 14.4 Å². The van der Waals surface area contributed by atoms with Gasteiger partial charge in [0, 0.05) is 5.56 Å². The summed E-state index contributed by atoms with van der Waals surface area (Å²) in [7, 11) is 0. The second kappa shape index (κ2) is 7.52. The zero-order valence-electron chi connectivity index (χ0n) is 16.4. The summed E-state index contributed by atoms with van der Waals surface area (Å²) in [5, 5.41) is 1.01. The average molecular weight is 423 g/mol. The topological polar surface area (TPSA) is 54.5 Å². The molecule has 0 radical (unpaired) electrons. The number of carbonyl (C=O) groups is 3. The lowest BCUT2D eigenvalue weighted by atomic mass is 9.88. The molecule has 5 heteroatoms. The van der Waals surface area contributed by atoms with Gasteiger partial charge >= 0.3 is 0 Å². The first kappa shape index (κ1) is 19.3. The Morgan fingerprint density at radius 2 is 1.23 bits per heavy atom. The minimum Gasteiger partial charge on any atom is -0.271 e. The van der Waals surface area contributed by atoms with E-state index >= 15 is 0 Å². The van der Waals surface area contributed by atoms with Crippen molar-refractivity contribution in [2.45, 2.75) is 4.75 Å². The Morgan fingerprint density at radius 1 is 0.677 bits per heavy atom. The van der Waals surface area contributed by atoms with Crippen molar-refractivity contribution in [3.63, 3.8) is 0 Å². The number of rotatable bonds is 3. The van der Waals surface area contributed by atoms with Crippen LogP contribution in [0.3, 0.4) is 0 Å². The molecule has 0 spiro atoms. The van der Waals surface area contributed by atoms with E-state index in [-0.39, 0.29) is 0 Å². The molecule has 1 saturated heterocycles. The molecule has 4 nitrogen and oxygen atoms in total. The number of thioether (sulfide) groups is 1. The Balaban J connectivity index is 1.66. The van der Waals surface area contributed by atoms with E-state index in [4.69, 9.17) is 0 Å². The van der Waals surface area contributed by atoms with Crippen LogP contribution in [0.25, 0.3) is 10.8 Å². The van der Waals surface area contributed by atoms with Crippen LogP contribution in [0.4, 0.5) is 4.79 Å². The maximum absolute atomic E-state index is 13.9. The van der Waals surface area contributed by atoms with E-state index in [9.17, 15) is 14.4 Å². The predicted molar refractivity (Wildman–Crippen MR) is 122 cm³/mol. The maximum atomic E-state index is 13.9. The predicted octanol–water partition coefficient (Wildman–Crippen LogP) is 5.62. The van der Waals surface area contributed by atoms with Crippen molar-refractivity contribution in [2.24, 2.45) is 0 Å². The number of carbonyl (C=O) groups excluding carboxylic acids is 3. The molecule has 0 bridgehead atoms. The van der Waals surface area contributed by atoms with Crippen LogP contribution in [-0.2, 0) is 9.54 Å². The molecule has 0 saturated carbocycles. The smallest absolute Gasteiger partial charge is 0.271 e. The summed E-state index contributed by atoms with van der Waals surface area (Å²) in [6, 6.07) is 31.0. The molecular formula is C26H17NO3S. The van der Waals surface area contributed by atoms with E-state index < -0.39 is 21.8 Å². The van der Waals surface area contributed by atoms with E-state index in [1.165, 1.54) is 0 Å². The van der Waals surface area contributed by atoms with E-state index in [0.717, 1.165) is 22.0 Å². The lowest BCUT2D eigenvalue weighted by Gasteiger charge is -2.26. The van der Waals surface area contributed by atoms with Crippen molar-refractivity contribution in [1.82, 2.24) is 4.90 Å². The molecule has 4 aromatic carbocycles. The van der Waals surface area contributed by atoms with Gasteiger partial charge in [0.1, 0.15) is 0 Å². The average Bonchev–Trinajstić information content (AvgIpc) is 3.10. The van der Waals surface area contributed by atoms with Gasteiger partial charge in [-0.05, 0) is 39.7 Å². The third-order valence-electron chi connectivity index (χ3n) is 5.51. The van der Waals surface area contributed by atoms with Gasteiger partial charge in [0.15, 0.2) is 4.75 Å². The number of fused-ring (bicyclic) bond motifs is 1. The minimum absolute atomic E-state index is 0.331. The summed E-state index contributed by atoms with van der Waals surface area (Å²) < 4.78 is -1.31. The van der Waals surface area contributed by atoms with Gasteiger partial charge in [-0.1, -0.05) is 97.1 Å².